The quantitative estimate of drug-likeness (QED) is 0.610. The minimum Gasteiger partial charge on any atom is -0.480 e. The van der Waals surface area contributed by atoms with E-state index in [1.165, 1.54) is 16.7 Å². The monoisotopic (exact) mass is 482 g/mol. The van der Waals surface area contributed by atoms with Gasteiger partial charge < -0.3 is 20.1 Å². The first-order valence-corrected chi connectivity index (χ1v) is 12.7. The van der Waals surface area contributed by atoms with Gasteiger partial charge in [0.2, 0.25) is 5.91 Å². The van der Waals surface area contributed by atoms with Crippen LogP contribution in [0.15, 0.2) is 48.5 Å². The molecule has 1 fully saturated rings. The van der Waals surface area contributed by atoms with E-state index in [0.29, 0.717) is 12.2 Å². The molecular formula is C26H30N2O5S. The van der Waals surface area contributed by atoms with E-state index in [9.17, 15) is 19.5 Å². The van der Waals surface area contributed by atoms with Crippen LogP contribution in [0.1, 0.15) is 44.2 Å². The molecule has 2 aliphatic rings. The predicted octanol–water partition coefficient (Wildman–Crippen LogP) is 4.31. The van der Waals surface area contributed by atoms with E-state index < -0.39 is 24.1 Å². The summed E-state index contributed by atoms with van der Waals surface area (Å²) in [4.78, 5) is 39.3. The number of carbonyl (C=O) groups excluding carboxylic acids is 2. The molecule has 1 heterocycles. The molecule has 8 heteroatoms. The van der Waals surface area contributed by atoms with Gasteiger partial charge in [0, 0.05) is 11.7 Å². The van der Waals surface area contributed by atoms with Crippen LogP contribution >= 0.6 is 11.8 Å². The maximum absolute atomic E-state index is 13.4. The molecule has 180 valence electrons. The molecule has 34 heavy (non-hydrogen) atoms. The molecular weight excluding hydrogens is 452 g/mol. The van der Waals surface area contributed by atoms with Crippen LogP contribution in [0.3, 0.4) is 0 Å². The van der Waals surface area contributed by atoms with E-state index in [4.69, 9.17) is 4.74 Å². The Morgan fingerprint density at radius 1 is 1.09 bits per heavy atom. The van der Waals surface area contributed by atoms with Gasteiger partial charge in [-0.2, -0.15) is 0 Å². The lowest BCUT2D eigenvalue weighted by Crippen LogP contribution is -2.56. The maximum atomic E-state index is 13.4. The van der Waals surface area contributed by atoms with Gasteiger partial charge >= 0.3 is 12.1 Å². The summed E-state index contributed by atoms with van der Waals surface area (Å²) in [5.74, 6) is -1.38. The van der Waals surface area contributed by atoms with Gasteiger partial charge in [0.05, 0.1) is 5.37 Å². The fourth-order valence-corrected chi connectivity index (χ4v) is 6.16. The highest BCUT2D eigenvalue weighted by Crippen LogP contribution is 2.44. The number of carboxylic acids is 1. The second-order valence-electron chi connectivity index (χ2n) is 8.99. The van der Waals surface area contributed by atoms with Gasteiger partial charge in [-0.3, -0.25) is 4.79 Å². The number of nitrogens with one attached hydrogen (secondary N) is 1. The zero-order chi connectivity index (χ0) is 24.4. The first kappa shape index (κ1) is 24.1. The van der Waals surface area contributed by atoms with Crippen LogP contribution in [0, 0.1) is 5.92 Å². The van der Waals surface area contributed by atoms with Gasteiger partial charge in [-0.15, -0.1) is 11.8 Å². The van der Waals surface area contributed by atoms with Crippen LogP contribution in [0.2, 0.25) is 0 Å². The van der Waals surface area contributed by atoms with Crippen molar-refractivity contribution in [2.45, 2.75) is 50.6 Å². The summed E-state index contributed by atoms with van der Waals surface area (Å²) in [6, 6.07) is 14.4. The van der Waals surface area contributed by atoms with Gasteiger partial charge in [-0.05, 0) is 34.6 Å². The molecule has 0 saturated carbocycles. The average Bonchev–Trinajstić information content (AvgIpc) is 3.40. The van der Waals surface area contributed by atoms with E-state index in [1.54, 1.807) is 0 Å². The molecule has 7 nitrogen and oxygen atoms in total. The molecule has 1 aliphatic carbocycles. The van der Waals surface area contributed by atoms with Crippen LogP contribution in [0.4, 0.5) is 4.79 Å². The lowest BCUT2D eigenvalue weighted by molar-refractivity contribution is -0.150. The van der Waals surface area contributed by atoms with Gasteiger partial charge in [0.1, 0.15) is 18.7 Å². The number of thioether (sulfide) groups is 1. The van der Waals surface area contributed by atoms with Crippen molar-refractivity contribution in [2.75, 3.05) is 12.4 Å². The van der Waals surface area contributed by atoms with Crippen molar-refractivity contribution in [3.05, 3.63) is 59.7 Å². The number of rotatable bonds is 7. The van der Waals surface area contributed by atoms with Crippen molar-refractivity contribution in [1.29, 1.82) is 0 Å². The summed E-state index contributed by atoms with van der Waals surface area (Å²) in [6.45, 7) is 5.72. The number of ether oxygens (including phenoxy) is 1. The Hall–Kier alpha value is -3.00. The number of aliphatic carboxylic acids is 1. The van der Waals surface area contributed by atoms with Crippen molar-refractivity contribution in [2.24, 2.45) is 5.92 Å². The summed E-state index contributed by atoms with van der Waals surface area (Å²) >= 11 is 1.46. The normalized spacial score (nSPS) is 20.1. The lowest BCUT2D eigenvalue weighted by atomic mass is 9.98. The molecule has 2 amide bonds. The number of fused-ring (bicyclic) bond motifs is 3. The van der Waals surface area contributed by atoms with Crippen LogP contribution < -0.4 is 5.32 Å². The Labute approximate surface area is 203 Å². The third-order valence-corrected chi connectivity index (χ3v) is 7.98. The molecule has 2 N–H and O–H groups in total. The molecule has 2 aromatic rings. The molecule has 0 bridgehead atoms. The third-order valence-electron chi connectivity index (χ3n) is 6.53. The largest absolute Gasteiger partial charge is 0.480 e. The van der Waals surface area contributed by atoms with E-state index in [2.05, 4.69) is 17.4 Å². The van der Waals surface area contributed by atoms with Crippen LogP contribution in [-0.2, 0) is 14.3 Å². The first-order valence-electron chi connectivity index (χ1n) is 11.6. The van der Waals surface area contributed by atoms with Crippen molar-refractivity contribution in [1.82, 2.24) is 10.2 Å². The third kappa shape index (κ3) is 4.51. The van der Waals surface area contributed by atoms with Crippen molar-refractivity contribution in [3.8, 4) is 11.1 Å². The molecule has 1 aliphatic heterocycles. The Balaban J connectivity index is 1.46. The molecule has 3 atom stereocenters. The molecule has 1 saturated heterocycles. The summed E-state index contributed by atoms with van der Waals surface area (Å²) in [6.07, 6.45) is -0.0451. The summed E-state index contributed by atoms with van der Waals surface area (Å²) in [5, 5.41) is 12.1. The van der Waals surface area contributed by atoms with Crippen molar-refractivity contribution < 1.29 is 24.2 Å². The van der Waals surface area contributed by atoms with E-state index in [-0.39, 0.29) is 29.7 Å². The van der Waals surface area contributed by atoms with Crippen LogP contribution in [-0.4, -0.2) is 57.8 Å². The molecule has 3 unspecified atom stereocenters. The van der Waals surface area contributed by atoms with E-state index in [1.807, 2.05) is 57.2 Å². The zero-order valence-corrected chi connectivity index (χ0v) is 20.4. The predicted molar refractivity (Wildman–Crippen MR) is 132 cm³/mol. The van der Waals surface area contributed by atoms with Crippen molar-refractivity contribution >= 4 is 29.7 Å². The number of amides is 2. The Bertz CT molecular complexity index is 1040. The summed E-state index contributed by atoms with van der Waals surface area (Å²) < 4.78 is 5.62. The van der Waals surface area contributed by atoms with Gasteiger partial charge in [0.25, 0.3) is 0 Å². The average molecular weight is 483 g/mol. The number of nitrogens with zero attached hydrogens (tertiary/aromatic N) is 1. The highest BCUT2D eigenvalue weighted by atomic mass is 32.2. The molecule has 4 rings (SSSR count). The fourth-order valence-electron chi connectivity index (χ4n) is 4.81. The van der Waals surface area contributed by atoms with Crippen LogP contribution in [0.25, 0.3) is 11.1 Å². The fraction of sp³-hybridized carbons (Fsp3) is 0.423. The minimum absolute atomic E-state index is 0.0813. The SMILES string of the molecule is CCC1SCC(C(=O)O)N1C(=O)C(NC(=O)OCC1c2ccccc2-c2ccccc21)C(C)C. The number of carboxylic acid groups (broad SMARTS) is 1. The second-order valence-corrected chi connectivity index (χ2v) is 10.2. The number of hydrogen-bond acceptors (Lipinski definition) is 5. The maximum Gasteiger partial charge on any atom is 0.407 e. The summed E-state index contributed by atoms with van der Waals surface area (Å²) in [7, 11) is 0. The Morgan fingerprint density at radius 2 is 1.68 bits per heavy atom. The van der Waals surface area contributed by atoms with Gasteiger partial charge in [0.15, 0.2) is 0 Å². The van der Waals surface area contributed by atoms with E-state index >= 15 is 0 Å². The molecule has 0 aromatic heterocycles. The zero-order valence-electron chi connectivity index (χ0n) is 19.6. The highest BCUT2D eigenvalue weighted by molar-refractivity contribution is 8.00. The Morgan fingerprint density at radius 3 is 2.21 bits per heavy atom. The van der Waals surface area contributed by atoms with Gasteiger partial charge in [-0.25, -0.2) is 9.59 Å². The molecule has 2 aromatic carbocycles. The smallest absolute Gasteiger partial charge is 0.407 e. The van der Waals surface area contributed by atoms with Crippen molar-refractivity contribution in [3.63, 3.8) is 0 Å². The molecule has 0 radical (unpaired) electrons. The number of hydrogen-bond donors (Lipinski definition) is 2. The van der Waals surface area contributed by atoms with Crippen LogP contribution in [0.5, 0.6) is 0 Å². The Kier molecular flexibility index (Phi) is 7.16. The number of carbonyl (C=O) groups is 3. The first-order chi connectivity index (χ1) is 16.3. The number of alkyl carbamates (subject to hydrolysis) is 1. The number of benzene rings is 2. The second kappa shape index (κ2) is 10.1. The summed E-state index contributed by atoms with van der Waals surface area (Å²) in [5.41, 5.74) is 4.49. The molecule has 0 spiro atoms. The van der Waals surface area contributed by atoms with Gasteiger partial charge in [-0.1, -0.05) is 69.3 Å². The topological polar surface area (TPSA) is 95.9 Å². The lowest BCUT2D eigenvalue weighted by Gasteiger charge is -2.32. The minimum atomic E-state index is -1.03. The highest BCUT2D eigenvalue weighted by Gasteiger charge is 2.44. The standard InChI is InChI=1S/C26H30N2O5S/c1-4-22-28(21(14-34-22)25(30)31)24(29)23(15(2)3)27-26(32)33-13-20-18-11-7-5-9-16(18)17-10-6-8-12-19(17)20/h5-12,15,20-23H,4,13-14H2,1-3H3,(H,27,32)(H,30,31). The van der Waals surface area contributed by atoms with E-state index in [0.717, 1.165) is 22.3 Å².